The molecule has 0 saturated heterocycles. The van der Waals surface area contributed by atoms with Gasteiger partial charge in [-0.2, -0.15) is 0 Å². The molecule has 1 aromatic carbocycles. The van der Waals surface area contributed by atoms with Crippen LogP contribution in [0.2, 0.25) is 0 Å². The monoisotopic (exact) mass is 361 g/mol. The topological polar surface area (TPSA) is 49.3 Å². The van der Waals surface area contributed by atoms with Gasteiger partial charge in [0.2, 0.25) is 0 Å². The lowest BCUT2D eigenvalue weighted by Gasteiger charge is -2.28. The highest BCUT2D eigenvalue weighted by molar-refractivity contribution is 5.95. The van der Waals surface area contributed by atoms with Crippen LogP contribution in [0.4, 0.5) is 0 Å². The number of unbranched alkanes of at least 4 members (excludes halogenated alkanes) is 1. The number of hydrogen-bond donors (Lipinski definition) is 2. The molecule has 0 saturated carbocycles. The van der Waals surface area contributed by atoms with Gasteiger partial charge in [-0.25, -0.2) is 0 Å². The van der Waals surface area contributed by atoms with Crippen molar-refractivity contribution in [3.8, 4) is 5.75 Å². The summed E-state index contributed by atoms with van der Waals surface area (Å²) in [6, 6.07) is 3.71. The van der Waals surface area contributed by atoms with Crippen LogP contribution < -0.4 is 5.32 Å². The van der Waals surface area contributed by atoms with E-state index in [0.717, 1.165) is 24.0 Å². The lowest BCUT2D eigenvalue weighted by atomic mass is 9.78. The van der Waals surface area contributed by atoms with E-state index < -0.39 is 0 Å². The average Bonchev–Trinajstić information content (AvgIpc) is 2.52. The fourth-order valence-electron chi connectivity index (χ4n) is 3.19. The highest BCUT2D eigenvalue weighted by Gasteiger charge is 2.27. The van der Waals surface area contributed by atoms with Gasteiger partial charge in [0.15, 0.2) is 0 Å². The Morgan fingerprint density at radius 2 is 1.54 bits per heavy atom. The van der Waals surface area contributed by atoms with Crippen molar-refractivity contribution in [3.63, 3.8) is 0 Å². The molecule has 0 radical (unpaired) electrons. The molecule has 26 heavy (non-hydrogen) atoms. The lowest BCUT2D eigenvalue weighted by molar-refractivity contribution is 0.0945. The smallest absolute Gasteiger partial charge is 0.251 e. The van der Waals surface area contributed by atoms with Gasteiger partial charge in [-0.05, 0) is 35.3 Å². The first-order valence-electron chi connectivity index (χ1n) is 10.1. The van der Waals surface area contributed by atoms with E-state index in [9.17, 15) is 9.90 Å². The predicted octanol–water partition coefficient (Wildman–Crippen LogP) is 5.93. The first kappa shape index (κ1) is 22.5. The van der Waals surface area contributed by atoms with Crippen LogP contribution in [0.5, 0.6) is 5.75 Å². The number of hydrogen-bond acceptors (Lipinski definition) is 2. The third kappa shape index (κ3) is 6.03. The van der Waals surface area contributed by atoms with Crippen LogP contribution in [0, 0.1) is 5.92 Å². The zero-order valence-corrected chi connectivity index (χ0v) is 18.1. The molecule has 0 aromatic heterocycles. The standard InChI is InChI=1S/C23H39NO2/c1-9-11-12-16(10-2)15-24-21(26)17-13-18(22(3,4)5)20(25)19(14-17)23(6,7)8/h13-14,16,25H,9-12,15H2,1-8H3,(H,24,26). The fourth-order valence-corrected chi connectivity index (χ4v) is 3.19. The van der Waals surface area contributed by atoms with Crippen molar-refractivity contribution in [1.29, 1.82) is 0 Å². The SMILES string of the molecule is CCCCC(CC)CNC(=O)c1cc(C(C)(C)C)c(O)c(C(C)(C)C)c1. The summed E-state index contributed by atoms with van der Waals surface area (Å²) in [5.41, 5.74) is 1.84. The Balaban J connectivity index is 3.13. The number of phenolic OH excluding ortho intramolecular Hbond substituents is 1. The van der Waals surface area contributed by atoms with Crippen LogP contribution in [0.25, 0.3) is 0 Å². The highest BCUT2D eigenvalue weighted by Crippen LogP contribution is 2.39. The number of carbonyl (C=O) groups is 1. The molecular weight excluding hydrogens is 322 g/mol. The first-order chi connectivity index (χ1) is 11.9. The third-order valence-electron chi connectivity index (χ3n) is 5.08. The number of aromatic hydroxyl groups is 1. The van der Waals surface area contributed by atoms with E-state index in [4.69, 9.17) is 0 Å². The summed E-state index contributed by atoms with van der Waals surface area (Å²) in [6.07, 6.45) is 4.63. The average molecular weight is 362 g/mol. The number of rotatable bonds is 7. The molecule has 0 aliphatic carbocycles. The first-order valence-corrected chi connectivity index (χ1v) is 10.1. The van der Waals surface area contributed by atoms with Crippen LogP contribution in [0.15, 0.2) is 12.1 Å². The predicted molar refractivity (Wildman–Crippen MR) is 111 cm³/mol. The number of amides is 1. The summed E-state index contributed by atoms with van der Waals surface area (Å²) < 4.78 is 0. The second-order valence-electron chi connectivity index (χ2n) is 9.55. The molecule has 2 N–H and O–H groups in total. The maximum Gasteiger partial charge on any atom is 0.251 e. The van der Waals surface area contributed by atoms with Crippen molar-refractivity contribution < 1.29 is 9.90 Å². The fraction of sp³-hybridized carbons (Fsp3) is 0.696. The molecule has 1 rings (SSSR count). The summed E-state index contributed by atoms with van der Waals surface area (Å²) in [4.78, 5) is 12.8. The summed E-state index contributed by atoms with van der Waals surface area (Å²) >= 11 is 0. The molecule has 0 fully saturated rings. The molecule has 3 nitrogen and oxygen atoms in total. The van der Waals surface area contributed by atoms with Gasteiger partial charge in [-0.3, -0.25) is 4.79 Å². The van der Waals surface area contributed by atoms with E-state index in [1.54, 1.807) is 0 Å². The van der Waals surface area contributed by atoms with Crippen LogP contribution in [-0.2, 0) is 10.8 Å². The Morgan fingerprint density at radius 1 is 1.04 bits per heavy atom. The number of carbonyl (C=O) groups excluding carboxylic acids is 1. The van der Waals surface area contributed by atoms with E-state index in [2.05, 4.69) is 60.7 Å². The molecule has 0 aliphatic heterocycles. The van der Waals surface area contributed by atoms with Gasteiger partial charge in [0.1, 0.15) is 5.75 Å². The van der Waals surface area contributed by atoms with Crippen molar-refractivity contribution in [3.05, 3.63) is 28.8 Å². The van der Waals surface area contributed by atoms with Crippen molar-refractivity contribution in [2.45, 2.75) is 91.9 Å². The minimum absolute atomic E-state index is 0.0454. The van der Waals surface area contributed by atoms with Crippen LogP contribution in [0.1, 0.15) is 103 Å². The minimum atomic E-state index is -0.229. The summed E-state index contributed by atoms with van der Waals surface area (Å²) in [5.74, 6) is 0.798. The second-order valence-corrected chi connectivity index (χ2v) is 9.55. The molecule has 0 heterocycles. The second kappa shape index (κ2) is 8.92. The Kier molecular flexibility index (Phi) is 7.73. The maximum absolute atomic E-state index is 12.8. The van der Waals surface area contributed by atoms with Gasteiger partial charge < -0.3 is 10.4 Å². The van der Waals surface area contributed by atoms with Crippen LogP contribution in [0.3, 0.4) is 0 Å². The lowest BCUT2D eigenvalue weighted by Crippen LogP contribution is -2.30. The Hall–Kier alpha value is -1.51. The number of nitrogens with one attached hydrogen (secondary N) is 1. The quantitative estimate of drug-likeness (QED) is 0.632. The molecule has 148 valence electrons. The van der Waals surface area contributed by atoms with Gasteiger partial charge in [-0.15, -0.1) is 0 Å². The van der Waals surface area contributed by atoms with Crippen molar-refractivity contribution in [2.24, 2.45) is 5.92 Å². The molecule has 0 bridgehead atoms. The minimum Gasteiger partial charge on any atom is -0.507 e. The zero-order chi connectivity index (χ0) is 20.1. The largest absolute Gasteiger partial charge is 0.507 e. The van der Waals surface area contributed by atoms with Crippen molar-refractivity contribution in [2.75, 3.05) is 6.54 Å². The highest BCUT2D eigenvalue weighted by atomic mass is 16.3. The number of phenols is 1. The van der Waals surface area contributed by atoms with Gasteiger partial charge in [0.25, 0.3) is 5.91 Å². The van der Waals surface area contributed by atoms with Crippen LogP contribution in [-0.4, -0.2) is 17.6 Å². The Bertz CT molecular complexity index is 571. The third-order valence-corrected chi connectivity index (χ3v) is 5.08. The van der Waals surface area contributed by atoms with Gasteiger partial charge in [-0.1, -0.05) is 74.7 Å². The summed E-state index contributed by atoms with van der Waals surface area (Å²) in [6.45, 7) is 17.5. The normalized spacial score (nSPS) is 13.5. The van der Waals surface area contributed by atoms with Gasteiger partial charge in [0, 0.05) is 23.2 Å². The van der Waals surface area contributed by atoms with Gasteiger partial charge >= 0.3 is 0 Å². The molecule has 1 atom stereocenters. The van der Waals surface area contributed by atoms with E-state index in [1.165, 1.54) is 12.8 Å². The van der Waals surface area contributed by atoms with E-state index >= 15 is 0 Å². The Labute approximate surface area is 160 Å². The van der Waals surface area contributed by atoms with Crippen molar-refractivity contribution in [1.82, 2.24) is 5.32 Å². The molecule has 1 amide bonds. The van der Waals surface area contributed by atoms with E-state index in [1.807, 2.05) is 12.1 Å². The molecule has 1 unspecified atom stereocenters. The maximum atomic E-state index is 12.8. The van der Waals surface area contributed by atoms with Gasteiger partial charge in [0.05, 0.1) is 0 Å². The molecule has 0 aliphatic rings. The molecule has 0 spiro atoms. The zero-order valence-electron chi connectivity index (χ0n) is 18.1. The van der Waals surface area contributed by atoms with Crippen molar-refractivity contribution >= 4 is 5.91 Å². The Morgan fingerprint density at radius 3 is 1.92 bits per heavy atom. The van der Waals surface area contributed by atoms with E-state index in [-0.39, 0.29) is 16.7 Å². The summed E-state index contributed by atoms with van der Waals surface area (Å²) in [5, 5.41) is 13.9. The van der Waals surface area contributed by atoms with E-state index in [0.29, 0.717) is 23.8 Å². The molecule has 3 heteroatoms. The van der Waals surface area contributed by atoms with Crippen LogP contribution >= 0.6 is 0 Å². The molecule has 1 aromatic rings. The molecular formula is C23H39NO2. The summed E-state index contributed by atoms with van der Waals surface area (Å²) in [7, 11) is 0. The number of benzene rings is 1.